The molecule has 1 N–H and O–H groups in total. The van der Waals surface area contributed by atoms with Gasteiger partial charge in [0.05, 0.1) is 21.6 Å². The van der Waals surface area contributed by atoms with Crippen molar-refractivity contribution < 1.29 is 17.6 Å². The van der Waals surface area contributed by atoms with Gasteiger partial charge in [-0.05, 0) is 79.6 Å². The van der Waals surface area contributed by atoms with Crippen LogP contribution >= 0.6 is 11.6 Å². The molecular formula is C26H26ClFN2O3S. The highest BCUT2D eigenvalue weighted by Gasteiger charge is 2.28. The SMILES string of the molecule is CC(NC(=O)CN(c1ccc(F)c(Cl)c1)S(=O)(=O)c1ccccc1)c1ccc2c(c1)CCCC2. The summed E-state index contributed by atoms with van der Waals surface area (Å²) in [5.41, 5.74) is 3.73. The van der Waals surface area contributed by atoms with Crippen LogP contribution in [0.25, 0.3) is 0 Å². The van der Waals surface area contributed by atoms with Gasteiger partial charge in [-0.15, -0.1) is 0 Å². The smallest absolute Gasteiger partial charge is 0.264 e. The number of amides is 1. The molecule has 0 heterocycles. The summed E-state index contributed by atoms with van der Waals surface area (Å²) in [4.78, 5) is 13.0. The molecule has 0 bridgehead atoms. The van der Waals surface area contributed by atoms with Crippen molar-refractivity contribution in [2.75, 3.05) is 10.8 Å². The van der Waals surface area contributed by atoms with Crippen LogP contribution in [-0.4, -0.2) is 20.9 Å². The van der Waals surface area contributed by atoms with E-state index in [4.69, 9.17) is 11.6 Å². The second-order valence-corrected chi connectivity index (χ2v) is 10.7. The first kappa shape index (κ1) is 24.2. The van der Waals surface area contributed by atoms with E-state index in [1.807, 2.05) is 13.0 Å². The third-order valence-electron chi connectivity index (χ3n) is 6.06. The van der Waals surface area contributed by atoms with Gasteiger partial charge in [-0.1, -0.05) is 48.0 Å². The van der Waals surface area contributed by atoms with Gasteiger partial charge >= 0.3 is 0 Å². The van der Waals surface area contributed by atoms with Gasteiger partial charge in [-0.25, -0.2) is 12.8 Å². The standard InChI is InChI=1S/C26H26ClFN2O3S/c1-18(20-12-11-19-7-5-6-8-21(19)15-20)29-26(31)17-30(22-13-14-25(28)24(27)16-22)34(32,33)23-9-3-2-4-10-23/h2-4,9-16,18H,5-8,17H2,1H3,(H,29,31). The van der Waals surface area contributed by atoms with Crippen molar-refractivity contribution in [1.29, 1.82) is 0 Å². The van der Waals surface area contributed by atoms with E-state index < -0.39 is 28.3 Å². The van der Waals surface area contributed by atoms with Crippen molar-refractivity contribution in [3.63, 3.8) is 0 Å². The first-order valence-corrected chi connectivity index (χ1v) is 13.0. The zero-order valence-corrected chi connectivity index (χ0v) is 20.4. The Morgan fingerprint density at radius 1 is 1.03 bits per heavy atom. The molecule has 0 aromatic heterocycles. The van der Waals surface area contributed by atoms with Gasteiger partial charge in [0.2, 0.25) is 5.91 Å². The molecule has 1 unspecified atom stereocenters. The van der Waals surface area contributed by atoms with Crippen molar-refractivity contribution >= 4 is 33.2 Å². The third-order valence-corrected chi connectivity index (χ3v) is 8.14. The van der Waals surface area contributed by atoms with E-state index in [0.717, 1.165) is 35.2 Å². The topological polar surface area (TPSA) is 66.5 Å². The highest BCUT2D eigenvalue weighted by molar-refractivity contribution is 7.92. The second kappa shape index (κ2) is 10.2. The lowest BCUT2D eigenvalue weighted by atomic mass is 9.89. The van der Waals surface area contributed by atoms with Gasteiger partial charge in [0.1, 0.15) is 12.4 Å². The van der Waals surface area contributed by atoms with Crippen LogP contribution in [-0.2, 0) is 27.7 Å². The molecule has 5 nitrogen and oxygen atoms in total. The lowest BCUT2D eigenvalue weighted by Gasteiger charge is -2.25. The van der Waals surface area contributed by atoms with Crippen LogP contribution in [0.3, 0.4) is 0 Å². The first-order chi connectivity index (χ1) is 16.3. The largest absolute Gasteiger partial charge is 0.348 e. The molecule has 0 spiro atoms. The molecule has 8 heteroatoms. The van der Waals surface area contributed by atoms with Gasteiger partial charge in [-0.3, -0.25) is 9.10 Å². The van der Waals surface area contributed by atoms with Crippen molar-refractivity contribution in [1.82, 2.24) is 5.32 Å². The summed E-state index contributed by atoms with van der Waals surface area (Å²) in [6.45, 7) is 1.39. The van der Waals surface area contributed by atoms with Gasteiger partial charge in [0, 0.05) is 0 Å². The van der Waals surface area contributed by atoms with Crippen LogP contribution in [0.4, 0.5) is 10.1 Å². The number of halogens is 2. The maximum absolute atomic E-state index is 13.7. The molecule has 34 heavy (non-hydrogen) atoms. The summed E-state index contributed by atoms with van der Waals surface area (Å²) in [5, 5.41) is 2.67. The van der Waals surface area contributed by atoms with E-state index in [1.165, 1.54) is 41.8 Å². The Kier molecular flexibility index (Phi) is 7.24. The van der Waals surface area contributed by atoms with Crippen molar-refractivity contribution in [2.45, 2.75) is 43.5 Å². The summed E-state index contributed by atoms with van der Waals surface area (Å²) < 4.78 is 41.5. The van der Waals surface area contributed by atoms with Crippen LogP contribution in [0.5, 0.6) is 0 Å². The average Bonchev–Trinajstić information content (AvgIpc) is 2.84. The molecule has 0 saturated heterocycles. The molecule has 1 amide bonds. The number of hydrogen-bond acceptors (Lipinski definition) is 3. The minimum atomic E-state index is -4.10. The van der Waals surface area contributed by atoms with Crippen LogP contribution < -0.4 is 9.62 Å². The van der Waals surface area contributed by atoms with Gasteiger partial charge in [-0.2, -0.15) is 0 Å². The number of sulfonamides is 1. The molecule has 0 aliphatic heterocycles. The van der Waals surface area contributed by atoms with Gasteiger partial charge < -0.3 is 5.32 Å². The summed E-state index contributed by atoms with van der Waals surface area (Å²) in [7, 11) is -4.10. The van der Waals surface area contributed by atoms with Crippen molar-refractivity contribution in [3.8, 4) is 0 Å². The summed E-state index contributed by atoms with van der Waals surface area (Å²) in [5.74, 6) is -1.15. The summed E-state index contributed by atoms with van der Waals surface area (Å²) in [6.07, 6.45) is 4.45. The Labute approximate surface area is 204 Å². The normalized spacial score (nSPS) is 14.2. The van der Waals surface area contributed by atoms with E-state index >= 15 is 0 Å². The van der Waals surface area contributed by atoms with Crippen LogP contribution in [0.2, 0.25) is 5.02 Å². The van der Waals surface area contributed by atoms with Gasteiger partial charge in [0.25, 0.3) is 10.0 Å². The minimum Gasteiger partial charge on any atom is -0.348 e. The highest BCUT2D eigenvalue weighted by Crippen LogP contribution is 2.28. The summed E-state index contributed by atoms with van der Waals surface area (Å²) >= 11 is 5.92. The number of benzene rings is 3. The molecule has 1 aliphatic rings. The zero-order valence-electron chi connectivity index (χ0n) is 18.8. The molecule has 1 atom stereocenters. The Morgan fingerprint density at radius 2 is 1.74 bits per heavy atom. The molecular weight excluding hydrogens is 475 g/mol. The number of carbonyl (C=O) groups excluding carboxylic acids is 1. The predicted octanol–water partition coefficient (Wildman–Crippen LogP) is 5.43. The third kappa shape index (κ3) is 5.26. The number of hydrogen-bond donors (Lipinski definition) is 1. The quantitative estimate of drug-likeness (QED) is 0.470. The Morgan fingerprint density at radius 3 is 2.44 bits per heavy atom. The van der Waals surface area contributed by atoms with Crippen LogP contribution in [0, 0.1) is 5.82 Å². The molecule has 0 saturated carbocycles. The number of aryl methyl sites for hydroxylation is 2. The second-order valence-electron chi connectivity index (χ2n) is 8.45. The Balaban J connectivity index is 1.58. The molecule has 0 radical (unpaired) electrons. The molecule has 3 aromatic rings. The molecule has 3 aromatic carbocycles. The van der Waals surface area contributed by atoms with Crippen molar-refractivity contribution in [3.05, 3.63) is 94.3 Å². The van der Waals surface area contributed by atoms with E-state index in [2.05, 4.69) is 17.4 Å². The van der Waals surface area contributed by atoms with Crippen LogP contribution in [0.1, 0.15) is 42.5 Å². The monoisotopic (exact) mass is 500 g/mol. The Hall–Kier alpha value is -2.90. The number of carbonyl (C=O) groups is 1. The van der Waals surface area contributed by atoms with E-state index in [0.29, 0.717) is 0 Å². The lowest BCUT2D eigenvalue weighted by molar-refractivity contribution is -0.120. The Bertz CT molecular complexity index is 1300. The van der Waals surface area contributed by atoms with E-state index in [1.54, 1.807) is 18.2 Å². The molecule has 4 rings (SSSR count). The number of nitrogens with one attached hydrogen (secondary N) is 1. The van der Waals surface area contributed by atoms with Crippen molar-refractivity contribution in [2.24, 2.45) is 0 Å². The number of nitrogens with zero attached hydrogens (tertiary/aromatic N) is 1. The summed E-state index contributed by atoms with van der Waals surface area (Å²) in [6, 6.07) is 17.3. The zero-order chi connectivity index (χ0) is 24.3. The fourth-order valence-electron chi connectivity index (χ4n) is 4.20. The number of rotatable bonds is 7. The average molecular weight is 501 g/mol. The molecule has 1 aliphatic carbocycles. The van der Waals surface area contributed by atoms with E-state index in [9.17, 15) is 17.6 Å². The maximum atomic E-state index is 13.7. The molecule has 178 valence electrons. The minimum absolute atomic E-state index is 0.0194. The van der Waals surface area contributed by atoms with E-state index in [-0.39, 0.29) is 21.6 Å². The number of fused-ring (bicyclic) bond motifs is 1. The lowest BCUT2D eigenvalue weighted by Crippen LogP contribution is -2.41. The first-order valence-electron chi connectivity index (χ1n) is 11.2. The highest BCUT2D eigenvalue weighted by atomic mass is 35.5. The molecule has 0 fully saturated rings. The number of anilines is 1. The fraction of sp³-hybridized carbons (Fsp3) is 0.269. The maximum Gasteiger partial charge on any atom is 0.264 e. The van der Waals surface area contributed by atoms with Crippen LogP contribution in [0.15, 0.2) is 71.6 Å². The fourth-order valence-corrected chi connectivity index (χ4v) is 5.81. The van der Waals surface area contributed by atoms with Gasteiger partial charge in [0.15, 0.2) is 0 Å². The predicted molar refractivity (Wildman–Crippen MR) is 132 cm³/mol.